The van der Waals surface area contributed by atoms with Gasteiger partial charge in [-0.2, -0.15) is 4.99 Å². The van der Waals surface area contributed by atoms with Crippen LogP contribution in [0.1, 0.15) is 10.4 Å². The molecule has 4 aromatic rings. The SMILES string of the molecule is C#CCn1c(=NC(=O)c2cccc3ccccc23)sc2cc3c(cc21)OCO3. The van der Waals surface area contributed by atoms with Gasteiger partial charge in [0.05, 0.1) is 16.8 Å². The van der Waals surface area contributed by atoms with E-state index >= 15 is 0 Å². The third-order valence-electron chi connectivity index (χ3n) is 4.64. The summed E-state index contributed by atoms with van der Waals surface area (Å²) in [5.74, 6) is 3.70. The van der Waals surface area contributed by atoms with Gasteiger partial charge in [0.15, 0.2) is 16.3 Å². The summed E-state index contributed by atoms with van der Waals surface area (Å²) in [7, 11) is 0. The zero-order chi connectivity index (χ0) is 19.1. The van der Waals surface area contributed by atoms with E-state index in [2.05, 4.69) is 10.9 Å². The largest absolute Gasteiger partial charge is 0.454 e. The van der Waals surface area contributed by atoms with Crippen LogP contribution in [0.4, 0.5) is 0 Å². The fourth-order valence-corrected chi connectivity index (χ4v) is 4.39. The molecule has 1 amide bonds. The highest BCUT2D eigenvalue weighted by molar-refractivity contribution is 7.16. The van der Waals surface area contributed by atoms with E-state index in [0.29, 0.717) is 28.4 Å². The Labute approximate surface area is 164 Å². The molecular formula is C22H14N2O3S. The van der Waals surface area contributed by atoms with E-state index in [1.807, 2.05) is 53.1 Å². The molecule has 1 aliphatic heterocycles. The second kappa shape index (κ2) is 6.55. The number of nitrogens with zero attached hydrogens (tertiary/aromatic N) is 2. The number of amides is 1. The highest BCUT2D eigenvalue weighted by Crippen LogP contribution is 2.37. The van der Waals surface area contributed by atoms with E-state index < -0.39 is 0 Å². The summed E-state index contributed by atoms with van der Waals surface area (Å²) in [6.07, 6.45) is 5.56. The van der Waals surface area contributed by atoms with E-state index in [9.17, 15) is 4.79 Å². The van der Waals surface area contributed by atoms with Gasteiger partial charge in [0.2, 0.25) is 6.79 Å². The van der Waals surface area contributed by atoms with Gasteiger partial charge in [-0.3, -0.25) is 4.79 Å². The van der Waals surface area contributed by atoms with Crippen molar-refractivity contribution in [1.29, 1.82) is 0 Å². The van der Waals surface area contributed by atoms with Gasteiger partial charge in [-0.1, -0.05) is 53.7 Å². The molecule has 2 heterocycles. The lowest BCUT2D eigenvalue weighted by Gasteiger charge is -2.03. The summed E-state index contributed by atoms with van der Waals surface area (Å²) in [6.45, 7) is 0.514. The van der Waals surface area contributed by atoms with Crippen molar-refractivity contribution in [2.75, 3.05) is 6.79 Å². The molecule has 0 spiro atoms. The maximum absolute atomic E-state index is 13.0. The van der Waals surface area contributed by atoms with Crippen molar-refractivity contribution in [2.45, 2.75) is 6.54 Å². The summed E-state index contributed by atoms with van der Waals surface area (Å²) >= 11 is 1.40. The molecule has 0 unspecified atom stereocenters. The fraction of sp³-hybridized carbons (Fsp3) is 0.0909. The number of aromatic nitrogens is 1. The van der Waals surface area contributed by atoms with Gasteiger partial charge in [0, 0.05) is 17.7 Å². The lowest BCUT2D eigenvalue weighted by atomic mass is 10.0. The van der Waals surface area contributed by atoms with Crippen molar-refractivity contribution in [1.82, 2.24) is 4.57 Å². The molecule has 1 aliphatic rings. The zero-order valence-corrected chi connectivity index (χ0v) is 15.5. The molecule has 136 valence electrons. The van der Waals surface area contributed by atoms with Crippen LogP contribution in [-0.4, -0.2) is 17.3 Å². The number of hydrogen-bond acceptors (Lipinski definition) is 4. The van der Waals surface area contributed by atoms with Gasteiger partial charge in [-0.05, 0) is 16.8 Å². The molecule has 3 aromatic carbocycles. The number of ether oxygens (including phenoxy) is 2. The van der Waals surface area contributed by atoms with Crippen LogP contribution in [0.15, 0.2) is 59.6 Å². The molecule has 0 saturated carbocycles. The number of thiazole rings is 1. The van der Waals surface area contributed by atoms with Crippen molar-refractivity contribution in [2.24, 2.45) is 4.99 Å². The number of carbonyl (C=O) groups is 1. The number of terminal acetylenes is 1. The number of fused-ring (bicyclic) bond motifs is 3. The van der Waals surface area contributed by atoms with E-state index in [-0.39, 0.29) is 12.7 Å². The van der Waals surface area contributed by atoms with E-state index in [0.717, 1.165) is 21.0 Å². The van der Waals surface area contributed by atoms with Crippen LogP contribution in [0.2, 0.25) is 0 Å². The van der Waals surface area contributed by atoms with Crippen LogP contribution >= 0.6 is 11.3 Å². The van der Waals surface area contributed by atoms with Crippen molar-refractivity contribution >= 4 is 38.2 Å². The monoisotopic (exact) mass is 386 g/mol. The Morgan fingerprint density at radius 1 is 1.14 bits per heavy atom. The third-order valence-corrected chi connectivity index (χ3v) is 5.68. The first-order valence-corrected chi connectivity index (χ1v) is 9.49. The van der Waals surface area contributed by atoms with Crippen LogP contribution in [0, 0.1) is 12.3 Å². The van der Waals surface area contributed by atoms with Crippen molar-refractivity contribution < 1.29 is 14.3 Å². The van der Waals surface area contributed by atoms with Crippen LogP contribution in [0.5, 0.6) is 11.5 Å². The minimum atomic E-state index is -0.297. The average molecular weight is 386 g/mol. The standard InChI is InChI=1S/C22H14N2O3S/c1-2-10-24-17-11-18-19(27-13-26-18)12-20(17)28-22(24)23-21(25)16-9-5-7-14-6-3-4-8-15(14)16/h1,3-9,11-12H,10,13H2. The van der Waals surface area contributed by atoms with Crippen molar-refractivity contribution in [3.63, 3.8) is 0 Å². The lowest BCUT2D eigenvalue weighted by Crippen LogP contribution is -2.16. The first-order valence-electron chi connectivity index (χ1n) is 8.68. The maximum Gasteiger partial charge on any atom is 0.280 e. The minimum Gasteiger partial charge on any atom is -0.454 e. The number of benzene rings is 3. The molecule has 0 fully saturated rings. The highest BCUT2D eigenvalue weighted by Gasteiger charge is 2.18. The molecular weight excluding hydrogens is 372 g/mol. The van der Waals surface area contributed by atoms with Gasteiger partial charge in [-0.15, -0.1) is 6.42 Å². The summed E-state index contributed by atoms with van der Waals surface area (Å²) in [4.78, 5) is 17.9. The first kappa shape index (κ1) is 16.6. The molecule has 5 nitrogen and oxygen atoms in total. The second-order valence-electron chi connectivity index (χ2n) is 6.29. The van der Waals surface area contributed by atoms with Crippen LogP contribution < -0.4 is 14.3 Å². The molecule has 1 aromatic heterocycles. The summed E-state index contributed by atoms with van der Waals surface area (Å²) in [5, 5.41) is 1.88. The summed E-state index contributed by atoms with van der Waals surface area (Å²) in [5.41, 5.74) is 1.44. The van der Waals surface area contributed by atoms with E-state index in [1.54, 1.807) is 6.07 Å². The lowest BCUT2D eigenvalue weighted by molar-refractivity contribution is 0.0999. The molecule has 0 aliphatic carbocycles. The molecule has 6 heteroatoms. The zero-order valence-electron chi connectivity index (χ0n) is 14.7. The van der Waals surface area contributed by atoms with E-state index in [4.69, 9.17) is 15.9 Å². The fourth-order valence-electron chi connectivity index (χ4n) is 3.35. The van der Waals surface area contributed by atoms with Crippen molar-refractivity contribution in [3.05, 3.63) is 65.0 Å². The van der Waals surface area contributed by atoms with Gasteiger partial charge in [0.25, 0.3) is 5.91 Å². The Hall–Kier alpha value is -3.56. The Bertz CT molecular complexity index is 1350. The minimum absolute atomic E-state index is 0.207. The van der Waals surface area contributed by atoms with Crippen molar-refractivity contribution in [3.8, 4) is 23.8 Å². The molecule has 0 saturated heterocycles. The molecule has 5 rings (SSSR count). The Morgan fingerprint density at radius 3 is 2.79 bits per heavy atom. The van der Waals surface area contributed by atoms with Gasteiger partial charge >= 0.3 is 0 Å². The molecule has 0 atom stereocenters. The average Bonchev–Trinajstić information content (AvgIpc) is 3.30. The highest BCUT2D eigenvalue weighted by atomic mass is 32.1. The molecule has 0 bridgehead atoms. The quantitative estimate of drug-likeness (QED) is 0.490. The first-order chi connectivity index (χ1) is 13.7. The molecule has 0 N–H and O–H groups in total. The predicted octanol–water partition coefficient (Wildman–Crippen LogP) is 3.96. The maximum atomic E-state index is 13.0. The molecule has 0 radical (unpaired) electrons. The normalized spacial score (nSPS) is 13.2. The van der Waals surface area contributed by atoms with Crippen LogP contribution in [0.25, 0.3) is 21.0 Å². The van der Waals surface area contributed by atoms with Gasteiger partial charge < -0.3 is 14.0 Å². The third kappa shape index (κ3) is 2.65. The Balaban J connectivity index is 1.69. The predicted molar refractivity (Wildman–Crippen MR) is 109 cm³/mol. The van der Waals surface area contributed by atoms with Gasteiger partial charge in [0.1, 0.15) is 0 Å². The number of rotatable bonds is 2. The van der Waals surface area contributed by atoms with E-state index in [1.165, 1.54) is 11.3 Å². The smallest absolute Gasteiger partial charge is 0.280 e. The topological polar surface area (TPSA) is 52.8 Å². The number of hydrogen-bond donors (Lipinski definition) is 0. The van der Waals surface area contributed by atoms with Gasteiger partial charge in [-0.25, -0.2) is 0 Å². The molecule has 28 heavy (non-hydrogen) atoms. The summed E-state index contributed by atoms with van der Waals surface area (Å²) < 4.78 is 13.7. The second-order valence-corrected chi connectivity index (χ2v) is 7.30. The van der Waals surface area contributed by atoms with Crippen LogP contribution in [0.3, 0.4) is 0 Å². The summed E-state index contributed by atoms with van der Waals surface area (Å²) in [6, 6.07) is 17.2. The Kier molecular flexibility index (Phi) is 3.89. The number of carbonyl (C=O) groups excluding carboxylic acids is 1. The van der Waals surface area contributed by atoms with Crippen LogP contribution in [-0.2, 0) is 6.54 Å². The Morgan fingerprint density at radius 2 is 1.93 bits per heavy atom.